The molecule has 3 rings (SSSR count). The lowest BCUT2D eigenvalue weighted by Gasteiger charge is -2.26. The lowest BCUT2D eigenvalue weighted by atomic mass is 9.88. The molecule has 1 aliphatic rings. The first kappa shape index (κ1) is 14.6. The average Bonchev–Trinajstić information content (AvgIpc) is 2.55. The zero-order chi connectivity index (χ0) is 15.4. The van der Waals surface area contributed by atoms with Crippen molar-refractivity contribution in [3.05, 3.63) is 65.2 Å². The zero-order valence-corrected chi connectivity index (χ0v) is 12.9. The van der Waals surface area contributed by atoms with Crippen molar-refractivity contribution in [1.29, 1.82) is 0 Å². The number of amides is 2. The first-order valence-electron chi connectivity index (χ1n) is 8.01. The molecule has 22 heavy (non-hydrogen) atoms. The summed E-state index contributed by atoms with van der Waals surface area (Å²) in [6.07, 6.45) is 4.13. The maximum Gasteiger partial charge on any atom is 0.319 e. The zero-order valence-electron chi connectivity index (χ0n) is 12.9. The number of nitrogens with one attached hydrogen (secondary N) is 2. The van der Waals surface area contributed by atoms with Gasteiger partial charge in [0, 0.05) is 5.69 Å². The van der Waals surface area contributed by atoms with Gasteiger partial charge < -0.3 is 10.6 Å². The van der Waals surface area contributed by atoms with E-state index >= 15 is 0 Å². The summed E-state index contributed by atoms with van der Waals surface area (Å²) in [7, 11) is 0. The number of urea groups is 1. The van der Waals surface area contributed by atoms with Crippen LogP contribution in [0.4, 0.5) is 10.5 Å². The van der Waals surface area contributed by atoms with Crippen LogP contribution in [0.3, 0.4) is 0 Å². The number of hydrogen-bond donors (Lipinski definition) is 2. The van der Waals surface area contributed by atoms with E-state index in [0.717, 1.165) is 36.9 Å². The molecule has 0 heterocycles. The SMILES string of the molecule is CCc1ccccc1NC(=O)NC1CCCc2ccccc21. The number of hydrogen-bond acceptors (Lipinski definition) is 1. The van der Waals surface area contributed by atoms with Crippen LogP contribution < -0.4 is 10.6 Å². The molecule has 114 valence electrons. The molecule has 1 atom stereocenters. The summed E-state index contributed by atoms with van der Waals surface area (Å²) < 4.78 is 0. The number of carbonyl (C=O) groups is 1. The van der Waals surface area contributed by atoms with Crippen molar-refractivity contribution in [3.63, 3.8) is 0 Å². The van der Waals surface area contributed by atoms with Crippen molar-refractivity contribution in [2.24, 2.45) is 0 Å². The molecule has 2 N–H and O–H groups in total. The van der Waals surface area contributed by atoms with Gasteiger partial charge in [-0.05, 0) is 48.4 Å². The normalized spacial score (nSPS) is 16.7. The van der Waals surface area contributed by atoms with Crippen LogP contribution in [0.25, 0.3) is 0 Å². The van der Waals surface area contributed by atoms with Gasteiger partial charge in [-0.3, -0.25) is 0 Å². The van der Waals surface area contributed by atoms with Crippen LogP contribution in [-0.2, 0) is 12.8 Å². The molecule has 0 aromatic heterocycles. The van der Waals surface area contributed by atoms with Crippen LogP contribution >= 0.6 is 0 Å². The molecule has 0 saturated carbocycles. The van der Waals surface area contributed by atoms with E-state index in [9.17, 15) is 4.79 Å². The molecule has 0 aliphatic heterocycles. The van der Waals surface area contributed by atoms with E-state index in [-0.39, 0.29) is 12.1 Å². The molecule has 1 unspecified atom stereocenters. The second-order valence-corrected chi connectivity index (χ2v) is 5.75. The van der Waals surface area contributed by atoms with Gasteiger partial charge in [-0.1, -0.05) is 49.4 Å². The highest BCUT2D eigenvalue weighted by Crippen LogP contribution is 2.29. The number of aryl methyl sites for hydroxylation is 2. The van der Waals surface area contributed by atoms with Gasteiger partial charge >= 0.3 is 6.03 Å². The van der Waals surface area contributed by atoms with Crippen molar-refractivity contribution < 1.29 is 4.79 Å². The topological polar surface area (TPSA) is 41.1 Å². The first-order valence-corrected chi connectivity index (χ1v) is 8.01. The Hall–Kier alpha value is -2.29. The molecule has 2 aromatic carbocycles. The highest BCUT2D eigenvalue weighted by molar-refractivity contribution is 5.90. The second-order valence-electron chi connectivity index (χ2n) is 5.75. The van der Waals surface area contributed by atoms with Crippen molar-refractivity contribution in [3.8, 4) is 0 Å². The monoisotopic (exact) mass is 294 g/mol. The molecule has 2 amide bonds. The van der Waals surface area contributed by atoms with E-state index in [2.05, 4.69) is 35.8 Å². The fraction of sp³-hybridized carbons (Fsp3) is 0.316. The molecule has 0 bridgehead atoms. The summed E-state index contributed by atoms with van der Waals surface area (Å²) in [4.78, 5) is 12.3. The molecular weight excluding hydrogens is 272 g/mol. The maximum atomic E-state index is 12.3. The number of rotatable bonds is 3. The van der Waals surface area contributed by atoms with Crippen LogP contribution in [-0.4, -0.2) is 6.03 Å². The van der Waals surface area contributed by atoms with Gasteiger partial charge in [-0.15, -0.1) is 0 Å². The smallest absolute Gasteiger partial charge is 0.319 e. The lowest BCUT2D eigenvalue weighted by Crippen LogP contribution is -2.34. The van der Waals surface area contributed by atoms with Gasteiger partial charge in [0.2, 0.25) is 0 Å². The highest BCUT2D eigenvalue weighted by atomic mass is 16.2. The minimum Gasteiger partial charge on any atom is -0.331 e. The van der Waals surface area contributed by atoms with Gasteiger partial charge in [0.05, 0.1) is 6.04 Å². The molecule has 0 radical (unpaired) electrons. The molecule has 3 heteroatoms. The number of carbonyl (C=O) groups excluding carboxylic acids is 1. The summed E-state index contributed by atoms with van der Waals surface area (Å²) in [5, 5.41) is 6.11. The van der Waals surface area contributed by atoms with E-state index in [4.69, 9.17) is 0 Å². The van der Waals surface area contributed by atoms with Gasteiger partial charge in [0.25, 0.3) is 0 Å². The van der Waals surface area contributed by atoms with E-state index in [1.165, 1.54) is 11.1 Å². The summed E-state index contributed by atoms with van der Waals surface area (Å²) in [5.74, 6) is 0. The van der Waals surface area contributed by atoms with E-state index < -0.39 is 0 Å². The van der Waals surface area contributed by atoms with Crippen LogP contribution in [0.2, 0.25) is 0 Å². The second kappa shape index (κ2) is 6.65. The minimum atomic E-state index is -0.123. The van der Waals surface area contributed by atoms with E-state index in [1.54, 1.807) is 0 Å². The van der Waals surface area contributed by atoms with Crippen LogP contribution in [0.15, 0.2) is 48.5 Å². The van der Waals surface area contributed by atoms with Gasteiger partial charge in [0.1, 0.15) is 0 Å². The Bertz CT molecular complexity index is 666. The molecule has 1 aliphatic carbocycles. The van der Waals surface area contributed by atoms with E-state index in [1.807, 2.05) is 30.3 Å². The largest absolute Gasteiger partial charge is 0.331 e. The number of anilines is 1. The Morgan fingerprint density at radius 3 is 2.77 bits per heavy atom. The van der Waals surface area contributed by atoms with Crippen LogP contribution in [0.5, 0.6) is 0 Å². The van der Waals surface area contributed by atoms with Gasteiger partial charge in [0.15, 0.2) is 0 Å². The Kier molecular flexibility index (Phi) is 4.42. The molecule has 3 nitrogen and oxygen atoms in total. The van der Waals surface area contributed by atoms with Gasteiger partial charge in [-0.2, -0.15) is 0 Å². The molecule has 2 aromatic rings. The fourth-order valence-corrected chi connectivity index (χ4v) is 3.17. The third-order valence-electron chi connectivity index (χ3n) is 4.32. The molecular formula is C19H22N2O. The third kappa shape index (κ3) is 3.14. The Morgan fingerprint density at radius 1 is 1.14 bits per heavy atom. The Labute approximate surface area is 131 Å². The predicted octanol–water partition coefficient (Wildman–Crippen LogP) is 4.45. The average molecular weight is 294 g/mol. The van der Waals surface area contributed by atoms with E-state index in [0.29, 0.717) is 0 Å². The van der Waals surface area contributed by atoms with Crippen molar-refractivity contribution in [1.82, 2.24) is 5.32 Å². The molecule has 0 saturated heterocycles. The Morgan fingerprint density at radius 2 is 1.91 bits per heavy atom. The Balaban J connectivity index is 1.70. The number of fused-ring (bicyclic) bond motifs is 1. The third-order valence-corrected chi connectivity index (χ3v) is 4.32. The standard InChI is InChI=1S/C19H22N2O/c1-2-14-8-4-6-12-17(14)20-19(22)21-18-13-7-10-15-9-3-5-11-16(15)18/h3-6,8-9,11-12,18H,2,7,10,13H2,1H3,(H2,20,21,22). The highest BCUT2D eigenvalue weighted by Gasteiger charge is 2.21. The fourth-order valence-electron chi connectivity index (χ4n) is 3.17. The lowest BCUT2D eigenvalue weighted by molar-refractivity contribution is 0.247. The maximum absolute atomic E-state index is 12.3. The van der Waals surface area contributed by atoms with Gasteiger partial charge in [-0.25, -0.2) is 4.79 Å². The van der Waals surface area contributed by atoms with Crippen LogP contribution in [0.1, 0.15) is 42.5 Å². The first-order chi connectivity index (χ1) is 10.8. The van der Waals surface area contributed by atoms with Crippen molar-refractivity contribution in [2.75, 3.05) is 5.32 Å². The molecule has 0 spiro atoms. The van der Waals surface area contributed by atoms with Crippen LogP contribution in [0, 0.1) is 0 Å². The van der Waals surface area contributed by atoms with Crippen molar-refractivity contribution in [2.45, 2.75) is 38.6 Å². The quantitative estimate of drug-likeness (QED) is 0.863. The van der Waals surface area contributed by atoms with Crippen molar-refractivity contribution >= 4 is 11.7 Å². The molecule has 0 fully saturated rings. The summed E-state index contributed by atoms with van der Waals surface area (Å²) in [6.45, 7) is 2.09. The summed E-state index contributed by atoms with van der Waals surface area (Å²) >= 11 is 0. The predicted molar refractivity (Wildman–Crippen MR) is 90.1 cm³/mol. The number of para-hydroxylation sites is 1. The minimum absolute atomic E-state index is 0.110. The number of benzene rings is 2. The summed E-state index contributed by atoms with van der Waals surface area (Å²) in [6, 6.07) is 16.3. The summed E-state index contributed by atoms with van der Waals surface area (Å²) in [5.41, 5.74) is 4.66.